The number of nitrogens with zero attached hydrogens (tertiary/aromatic N) is 3. The second-order valence-electron chi connectivity index (χ2n) is 17.5. The number of piperidine rings is 1. The molecule has 308 valence electrons. The first-order valence-electron chi connectivity index (χ1n) is 20.4. The maximum Gasteiger partial charge on any atom is 0.293 e. The molecule has 2 aliphatic carbocycles. The van der Waals surface area contributed by atoms with E-state index in [2.05, 4.69) is 80.8 Å². The predicted octanol–water partition coefficient (Wildman–Crippen LogP) is 8.16. The number of carbonyl (C=O) groups excluding carboxylic acids is 1. The lowest BCUT2D eigenvalue weighted by Gasteiger charge is -2.59. The van der Waals surface area contributed by atoms with Gasteiger partial charge in [0, 0.05) is 47.9 Å². The van der Waals surface area contributed by atoms with Crippen LogP contribution in [0.2, 0.25) is 0 Å². The Hall–Kier alpha value is -3.56. The van der Waals surface area contributed by atoms with Crippen LogP contribution in [0.4, 0.5) is 17.1 Å². The average Bonchev–Trinajstić information content (AvgIpc) is 3.16. The molecule has 0 aromatic heterocycles. The van der Waals surface area contributed by atoms with Crippen molar-refractivity contribution in [3.63, 3.8) is 0 Å². The molecule has 7 rings (SSSR count). The van der Waals surface area contributed by atoms with Gasteiger partial charge in [0.05, 0.1) is 40.2 Å². The molecule has 3 aromatic carbocycles. The number of nitro groups is 1. The molecule has 2 saturated carbocycles. The number of benzene rings is 3. The number of aliphatic hydroxyl groups is 1. The van der Waals surface area contributed by atoms with Crippen molar-refractivity contribution < 1.29 is 28.0 Å². The molecule has 1 spiro atoms. The molecule has 0 bridgehead atoms. The summed E-state index contributed by atoms with van der Waals surface area (Å²) in [6.07, 6.45) is 7.38. The number of hydrogen-bond donors (Lipinski definition) is 3. The molecule has 2 unspecified atom stereocenters. The lowest BCUT2D eigenvalue weighted by Crippen LogP contribution is -2.59. The van der Waals surface area contributed by atoms with Crippen LogP contribution in [0, 0.1) is 21.4 Å². The molecule has 12 nitrogen and oxygen atoms in total. The van der Waals surface area contributed by atoms with Crippen molar-refractivity contribution >= 4 is 48.9 Å². The number of sulfonamides is 1. The minimum atomic E-state index is -4.43. The Balaban J connectivity index is 0.960. The van der Waals surface area contributed by atoms with Gasteiger partial charge in [0.2, 0.25) is 0 Å². The molecule has 0 radical (unpaired) electrons. The Morgan fingerprint density at radius 3 is 2.47 bits per heavy atom. The molecule has 3 N–H and O–H groups in total. The smallest absolute Gasteiger partial charge is 0.293 e. The fourth-order valence-corrected chi connectivity index (χ4v) is 11.4. The van der Waals surface area contributed by atoms with Crippen molar-refractivity contribution in [1.82, 2.24) is 9.62 Å². The van der Waals surface area contributed by atoms with E-state index >= 15 is 0 Å². The van der Waals surface area contributed by atoms with E-state index in [4.69, 9.17) is 4.74 Å². The first-order chi connectivity index (χ1) is 27.0. The van der Waals surface area contributed by atoms with Crippen molar-refractivity contribution in [3.05, 3.63) is 91.9 Å². The third-order valence-electron chi connectivity index (χ3n) is 13.1. The van der Waals surface area contributed by atoms with E-state index in [0.717, 1.165) is 63.7 Å². The maximum absolute atomic E-state index is 13.4. The van der Waals surface area contributed by atoms with Crippen LogP contribution in [-0.2, 0) is 14.8 Å². The topological polar surface area (TPSA) is 154 Å². The van der Waals surface area contributed by atoms with Crippen molar-refractivity contribution in [1.29, 1.82) is 0 Å². The number of nitro benzene ring substituents is 1. The number of morpholine rings is 1. The number of halogens is 1. The third-order valence-corrected chi connectivity index (χ3v) is 15.1. The highest BCUT2D eigenvalue weighted by Gasteiger charge is 2.51. The molecule has 57 heavy (non-hydrogen) atoms. The van der Waals surface area contributed by atoms with E-state index in [9.17, 15) is 28.4 Å². The first kappa shape index (κ1) is 41.6. The molecule has 4 fully saturated rings. The van der Waals surface area contributed by atoms with Crippen LogP contribution in [0.15, 0.2) is 70.0 Å². The number of hydrogen-bond acceptors (Lipinski definition) is 10. The summed E-state index contributed by atoms with van der Waals surface area (Å²) in [4.78, 5) is 29.4. The highest BCUT2D eigenvalue weighted by atomic mass is 79.9. The predicted molar refractivity (Wildman–Crippen MR) is 225 cm³/mol. The zero-order valence-electron chi connectivity index (χ0n) is 33.4. The Labute approximate surface area is 345 Å². The number of amides is 1. The van der Waals surface area contributed by atoms with Gasteiger partial charge >= 0.3 is 0 Å². The number of anilines is 2. The van der Waals surface area contributed by atoms with Crippen LogP contribution in [0.5, 0.6) is 0 Å². The Morgan fingerprint density at radius 2 is 1.79 bits per heavy atom. The fraction of sp³-hybridized carbons (Fsp3) is 0.558. The first-order valence-corrected chi connectivity index (χ1v) is 22.6. The largest absolute Gasteiger partial charge is 0.390 e. The van der Waals surface area contributed by atoms with Crippen LogP contribution < -0.4 is 14.9 Å². The summed E-state index contributed by atoms with van der Waals surface area (Å²) >= 11 is 3.52. The Bertz CT molecular complexity index is 2080. The minimum Gasteiger partial charge on any atom is -0.390 e. The van der Waals surface area contributed by atoms with Crippen LogP contribution in [0.1, 0.15) is 113 Å². The van der Waals surface area contributed by atoms with E-state index in [1.807, 2.05) is 19.1 Å². The van der Waals surface area contributed by atoms with Crippen molar-refractivity contribution in [2.75, 3.05) is 43.1 Å². The molecule has 3 aromatic rings. The maximum atomic E-state index is 13.4. The molecule has 1 amide bonds. The summed E-state index contributed by atoms with van der Waals surface area (Å²) in [6, 6.07) is 18.8. The van der Waals surface area contributed by atoms with Crippen molar-refractivity contribution in [3.8, 4) is 0 Å². The van der Waals surface area contributed by atoms with Crippen LogP contribution in [-0.4, -0.2) is 79.8 Å². The molecular formula is C43H56BrN5O7S. The fourth-order valence-electron chi connectivity index (χ4n) is 9.85. The van der Waals surface area contributed by atoms with Gasteiger partial charge in [-0.25, -0.2) is 13.1 Å². The summed E-state index contributed by atoms with van der Waals surface area (Å²) in [5, 5.41) is 25.3. The molecule has 2 saturated heterocycles. The standard InChI is InChI=1S/C43H56BrN5O7S/c1-28(2)34-7-5-6-8-35(34)40-27-56-20-19-48(40)32-24-43(25-32)17-18-47(29(3)23-43)31-9-11-36(37(44)21-31)41(50)46-57(54,55)33-10-12-38(39(22-33)49(52)53)45-26-30-13-15-42(4,51)16-14-30/h5-12,21-22,28-30,32,40,45,51H,13-20,23-27H2,1-4H3,(H,46,50). The lowest BCUT2D eigenvalue weighted by molar-refractivity contribution is -0.384. The average molecular weight is 867 g/mol. The normalized spacial score (nSPS) is 28.2. The number of ether oxygens (including phenoxy) is 1. The van der Waals surface area contributed by atoms with Crippen LogP contribution in [0.3, 0.4) is 0 Å². The number of carbonyl (C=O) groups is 1. The summed E-state index contributed by atoms with van der Waals surface area (Å²) in [5.74, 6) is -0.152. The van der Waals surface area contributed by atoms with E-state index in [0.29, 0.717) is 41.2 Å². The molecule has 14 heteroatoms. The minimum absolute atomic E-state index is 0.142. The van der Waals surface area contributed by atoms with Gasteiger partial charge in [-0.1, -0.05) is 38.1 Å². The summed E-state index contributed by atoms with van der Waals surface area (Å²) in [6.45, 7) is 12.4. The van der Waals surface area contributed by atoms with Crippen LogP contribution in [0.25, 0.3) is 0 Å². The number of rotatable bonds is 11. The van der Waals surface area contributed by atoms with Crippen molar-refractivity contribution in [2.24, 2.45) is 11.3 Å². The molecule has 2 aliphatic heterocycles. The molecular weight excluding hydrogens is 810 g/mol. The van der Waals surface area contributed by atoms with Gasteiger partial charge in [-0.05, 0) is 140 Å². The van der Waals surface area contributed by atoms with Crippen molar-refractivity contribution in [2.45, 2.75) is 114 Å². The van der Waals surface area contributed by atoms with Gasteiger partial charge in [0.1, 0.15) is 5.69 Å². The number of nitrogens with one attached hydrogen (secondary N) is 2. The van der Waals surface area contributed by atoms with Gasteiger partial charge < -0.3 is 20.1 Å². The van der Waals surface area contributed by atoms with E-state index in [1.165, 1.54) is 36.1 Å². The highest BCUT2D eigenvalue weighted by molar-refractivity contribution is 9.10. The third kappa shape index (κ3) is 9.05. The Kier molecular flexibility index (Phi) is 12.1. The zero-order valence-corrected chi connectivity index (χ0v) is 35.8. The zero-order chi connectivity index (χ0) is 40.7. The van der Waals surface area contributed by atoms with Gasteiger partial charge in [-0.3, -0.25) is 19.8 Å². The quantitative estimate of drug-likeness (QED) is 0.127. The van der Waals surface area contributed by atoms with Gasteiger partial charge in [0.15, 0.2) is 0 Å². The monoisotopic (exact) mass is 865 g/mol. The van der Waals surface area contributed by atoms with Gasteiger partial charge in [-0.15, -0.1) is 0 Å². The molecule has 2 heterocycles. The van der Waals surface area contributed by atoms with Crippen LogP contribution >= 0.6 is 15.9 Å². The summed E-state index contributed by atoms with van der Waals surface area (Å²) in [5.41, 5.74) is 3.31. The van der Waals surface area contributed by atoms with E-state index < -0.39 is 32.1 Å². The highest BCUT2D eigenvalue weighted by Crippen LogP contribution is 2.54. The second-order valence-corrected chi connectivity index (χ2v) is 20.1. The lowest BCUT2D eigenvalue weighted by atomic mass is 9.58. The Morgan fingerprint density at radius 1 is 1.05 bits per heavy atom. The van der Waals surface area contributed by atoms with Gasteiger partial charge in [0.25, 0.3) is 21.6 Å². The SMILES string of the molecule is CC(C)c1ccccc1C1COCCN1C1CC2(CCN(c3ccc(C(=O)NS(=O)(=O)c4ccc(NCC5CCC(C)(O)CC5)c([N+](=O)[O-])c4)c(Br)c3)C(C)C2)C1. The second kappa shape index (κ2) is 16.6. The summed E-state index contributed by atoms with van der Waals surface area (Å²) < 4.78 is 35.3. The molecule has 2 atom stereocenters. The van der Waals surface area contributed by atoms with E-state index in [1.54, 1.807) is 6.07 Å². The summed E-state index contributed by atoms with van der Waals surface area (Å²) in [7, 11) is -4.43. The molecule has 4 aliphatic rings. The van der Waals surface area contributed by atoms with E-state index in [-0.39, 0.29) is 34.1 Å². The van der Waals surface area contributed by atoms with Gasteiger partial charge in [-0.2, -0.15) is 0 Å².